The van der Waals surface area contributed by atoms with Crippen molar-refractivity contribution in [2.45, 2.75) is 0 Å². The Morgan fingerprint density at radius 3 is 2.29 bits per heavy atom. The molecule has 1 amide bonds. The van der Waals surface area contributed by atoms with E-state index in [1.165, 1.54) is 18.2 Å². The van der Waals surface area contributed by atoms with Crippen molar-refractivity contribution in [2.75, 3.05) is 39.5 Å². The summed E-state index contributed by atoms with van der Waals surface area (Å²) in [5.74, 6) is -0.439. The van der Waals surface area contributed by atoms with Crippen molar-refractivity contribution in [3.8, 4) is 5.75 Å². The number of rotatable bonds is 5. The Morgan fingerprint density at radius 1 is 1.03 bits per heavy atom. The molecule has 0 bridgehead atoms. The molecular weight excluding hydrogens is 524 g/mol. The number of aromatic amines is 1. The van der Waals surface area contributed by atoms with E-state index in [-0.39, 0.29) is 18.7 Å². The number of hydrogen-bond acceptors (Lipinski definition) is 5. The minimum atomic E-state index is -3.63. The van der Waals surface area contributed by atoms with E-state index in [9.17, 15) is 18.0 Å². The number of amidine groups is 1. The summed E-state index contributed by atoms with van der Waals surface area (Å²) in [5.41, 5.74) is 1.58. The van der Waals surface area contributed by atoms with Crippen LogP contribution in [0.5, 0.6) is 5.75 Å². The van der Waals surface area contributed by atoms with Crippen molar-refractivity contribution in [3.63, 3.8) is 0 Å². The quantitative estimate of drug-likeness (QED) is 0.228. The van der Waals surface area contributed by atoms with Crippen LogP contribution in [0.3, 0.4) is 0 Å². The third-order valence-corrected chi connectivity index (χ3v) is 6.72. The number of amides is 1. The van der Waals surface area contributed by atoms with E-state index >= 15 is 0 Å². The number of halogens is 1. The number of piperazine rings is 1. The van der Waals surface area contributed by atoms with Gasteiger partial charge in [-0.2, -0.15) is 0 Å². The number of aromatic nitrogens is 1. The Balaban J connectivity index is 1.54. The SMILES string of the molecule is COc1ccc(Br)c2[nH]cc(C(=O)C(=O)N3CCN(/C(=N\S(C)(=O)=O)c4ccccc4)CC3)c12. The summed E-state index contributed by atoms with van der Waals surface area (Å²) >= 11 is 3.44. The van der Waals surface area contributed by atoms with Gasteiger partial charge in [0.1, 0.15) is 11.6 Å². The van der Waals surface area contributed by atoms with Crippen molar-refractivity contribution in [3.05, 3.63) is 64.3 Å². The van der Waals surface area contributed by atoms with Crippen LogP contribution in [0.2, 0.25) is 0 Å². The second-order valence-electron chi connectivity index (χ2n) is 7.82. The predicted octanol–water partition coefficient (Wildman–Crippen LogP) is 2.67. The molecule has 178 valence electrons. The minimum Gasteiger partial charge on any atom is -0.496 e. The third kappa shape index (κ3) is 4.85. The average molecular weight is 547 g/mol. The number of H-pyrrole nitrogens is 1. The van der Waals surface area contributed by atoms with E-state index < -0.39 is 21.7 Å². The summed E-state index contributed by atoms with van der Waals surface area (Å²) in [6.07, 6.45) is 2.56. The molecule has 0 saturated carbocycles. The van der Waals surface area contributed by atoms with Gasteiger partial charge in [-0.1, -0.05) is 30.3 Å². The Labute approximate surface area is 205 Å². The Hall–Kier alpha value is -3.18. The van der Waals surface area contributed by atoms with Crippen LogP contribution in [-0.4, -0.2) is 80.3 Å². The van der Waals surface area contributed by atoms with Crippen molar-refractivity contribution in [1.29, 1.82) is 0 Å². The zero-order valence-electron chi connectivity index (χ0n) is 18.6. The Kier molecular flexibility index (Phi) is 6.76. The van der Waals surface area contributed by atoms with E-state index in [2.05, 4.69) is 25.3 Å². The molecule has 1 saturated heterocycles. The molecule has 0 spiro atoms. The van der Waals surface area contributed by atoms with Crippen molar-refractivity contribution in [1.82, 2.24) is 14.8 Å². The highest BCUT2D eigenvalue weighted by Gasteiger charge is 2.31. The Bertz CT molecular complexity index is 1380. The number of carbonyl (C=O) groups is 2. The predicted molar refractivity (Wildman–Crippen MR) is 133 cm³/mol. The molecule has 3 aromatic rings. The molecule has 0 aliphatic carbocycles. The fraction of sp³-hybridized carbons (Fsp3) is 0.261. The van der Waals surface area contributed by atoms with Gasteiger partial charge in [0.15, 0.2) is 0 Å². The first-order chi connectivity index (χ1) is 16.2. The largest absolute Gasteiger partial charge is 0.496 e. The number of sulfonamides is 1. The minimum absolute atomic E-state index is 0.240. The molecule has 11 heteroatoms. The molecule has 0 unspecified atom stereocenters. The number of hydrogen-bond donors (Lipinski definition) is 1. The lowest BCUT2D eigenvalue weighted by Crippen LogP contribution is -2.52. The van der Waals surface area contributed by atoms with Crippen LogP contribution in [0.25, 0.3) is 10.9 Å². The van der Waals surface area contributed by atoms with Crippen LogP contribution in [0.15, 0.2) is 57.5 Å². The number of nitrogens with zero attached hydrogens (tertiary/aromatic N) is 3. The zero-order chi connectivity index (χ0) is 24.5. The smallest absolute Gasteiger partial charge is 0.295 e. The van der Waals surface area contributed by atoms with Gasteiger partial charge in [0.25, 0.3) is 21.7 Å². The standard InChI is InChI=1S/C23H23BrN4O5S/c1-33-18-9-8-17(24)20-19(18)16(14-25-20)21(29)23(30)28-12-10-27(11-13-28)22(26-34(2,31)32)15-6-4-3-5-7-15/h3-9,14,25H,10-13H2,1-2H3/b26-22-. The van der Waals surface area contributed by atoms with Gasteiger partial charge in [-0.3, -0.25) is 9.59 Å². The number of nitrogens with one attached hydrogen (secondary N) is 1. The molecule has 2 aromatic carbocycles. The van der Waals surface area contributed by atoms with Crippen LogP contribution in [0, 0.1) is 0 Å². The topological polar surface area (TPSA) is 112 Å². The van der Waals surface area contributed by atoms with Gasteiger partial charge >= 0.3 is 0 Å². The second-order valence-corrected chi connectivity index (χ2v) is 10.3. The van der Waals surface area contributed by atoms with E-state index in [1.54, 1.807) is 36.4 Å². The summed E-state index contributed by atoms with van der Waals surface area (Å²) in [7, 11) is -2.12. The fourth-order valence-corrected chi connectivity index (χ4v) is 4.93. The van der Waals surface area contributed by atoms with Gasteiger partial charge in [-0.15, -0.1) is 4.40 Å². The lowest BCUT2D eigenvalue weighted by molar-refractivity contribution is -0.127. The summed E-state index contributed by atoms with van der Waals surface area (Å²) in [6, 6.07) is 12.5. The normalized spacial score (nSPS) is 15.0. The number of benzene rings is 2. The van der Waals surface area contributed by atoms with Crippen LogP contribution in [-0.2, 0) is 14.8 Å². The molecule has 1 N–H and O–H groups in total. The first-order valence-electron chi connectivity index (χ1n) is 10.5. The molecular formula is C23H23BrN4O5S. The van der Waals surface area contributed by atoms with Crippen LogP contribution in [0.4, 0.5) is 0 Å². The van der Waals surface area contributed by atoms with Crippen molar-refractivity contribution in [2.24, 2.45) is 4.40 Å². The molecule has 1 fully saturated rings. The van der Waals surface area contributed by atoms with Crippen molar-refractivity contribution < 1.29 is 22.7 Å². The van der Waals surface area contributed by atoms with E-state index in [1.807, 2.05) is 11.0 Å². The highest BCUT2D eigenvalue weighted by Crippen LogP contribution is 2.34. The number of methoxy groups -OCH3 is 1. The van der Waals surface area contributed by atoms with Gasteiger partial charge in [0.2, 0.25) is 0 Å². The Morgan fingerprint density at radius 2 is 1.68 bits per heavy atom. The number of Topliss-reactive ketones (excluding diaryl/α,β-unsaturated/α-hetero) is 1. The summed E-state index contributed by atoms with van der Waals surface area (Å²) in [6.45, 7) is 1.18. The maximum absolute atomic E-state index is 13.1. The molecule has 1 aliphatic rings. The average Bonchev–Trinajstić information content (AvgIpc) is 3.28. The molecule has 34 heavy (non-hydrogen) atoms. The fourth-order valence-electron chi connectivity index (χ4n) is 3.95. The maximum atomic E-state index is 13.1. The molecule has 1 aliphatic heterocycles. The summed E-state index contributed by atoms with van der Waals surface area (Å²) in [5, 5.41) is 0.542. The molecule has 0 radical (unpaired) electrons. The first kappa shape index (κ1) is 24.0. The highest BCUT2D eigenvalue weighted by molar-refractivity contribution is 9.10. The first-order valence-corrected chi connectivity index (χ1v) is 13.1. The molecule has 4 rings (SSSR count). The number of ether oxygens (including phenoxy) is 1. The monoisotopic (exact) mass is 546 g/mol. The van der Waals surface area contributed by atoms with E-state index in [0.29, 0.717) is 41.1 Å². The maximum Gasteiger partial charge on any atom is 0.295 e. The molecule has 1 aromatic heterocycles. The number of carbonyl (C=O) groups excluding carboxylic acids is 2. The van der Waals surface area contributed by atoms with Crippen molar-refractivity contribution >= 4 is 54.4 Å². The van der Waals surface area contributed by atoms with Gasteiger partial charge in [-0.05, 0) is 28.1 Å². The molecule has 9 nitrogen and oxygen atoms in total. The van der Waals surface area contributed by atoms with Crippen LogP contribution < -0.4 is 4.74 Å². The van der Waals surface area contributed by atoms with Gasteiger partial charge in [0.05, 0.1) is 29.8 Å². The summed E-state index contributed by atoms with van der Waals surface area (Å²) < 4.78 is 33.9. The van der Waals surface area contributed by atoms with Crippen LogP contribution in [0.1, 0.15) is 15.9 Å². The highest BCUT2D eigenvalue weighted by atomic mass is 79.9. The lowest BCUT2D eigenvalue weighted by Gasteiger charge is -2.36. The second kappa shape index (κ2) is 9.59. The third-order valence-electron chi connectivity index (χ3n) is 5.56. The van der Waals surface area contributed by atoms with Gasteiger partial charge < -0.3 is 19.5 Å². The zero-order valence-corrected chi connectivity index (χ0v) is 21.0. The molecule has 0 atom stereocenters. The van der Waals surface area contributed by atoms with E-state index in [4.69, 9.17) is 4.74 Å². The van der Waals surface area contributed by atoms with E-state index in [0.717, 1.165) is 10.7 Å². The van der Waals surface area contributed by atoms with Gasteiger partial charge in [0, 0.05) is 42.4 Å². The summed E-state index contributed by atoms with van der Waals surface area (Å²) in [4.78, 5) is 32.5. The van der Waals surface area contributed by atoms with Crippen LogP contribution >= 0.6 is 15.9 Å². The molecule has 2 heterocycles. The number of ketones is 1. The van der Waals surface area contributed by atoms with Gasteiger partial charge in [-0.25, -0.2) is 8.42 Å². The number of fused-ring (bicyclic) bond motifs is 1. The lowest BCUT2D eigenvalue weighted by atomic mass is 10.1.